The predicted octanol–water partition coefficient (Wildman–Crippen LogP) is 3.46. The van der Waals surface area contributed by atoms with E-state index in [9.17, 15) is 0 Å². The van der Waals surface area contributed by atoms with Gasteiger partial charge >= 0.3 is 0 Å². The number of hydrogen-bond acceptors (Lipinski definition) is 5. The number of nitrogens with zero attached hydrogens (tertiary/aromatic N) is 4. The molecule has 0 saturated carbocycles. The van der Waals surface area contributed by atoms with E-state index in [0.29, 0.717) is 0 Å². The topological polar surface area (TPSA) is 55.6 Å². The fourth-order valence-corrected chi connectivity index (χ4v) is 2.95. The highest BCUT2D eigenvalue weighted by Gasteiger charge is 2.11. The Morgan fingerprint density at radius 2 is 2.24 bits per heavy atom. The van der Waals surface area contributed by atoms with E-state index in [4.69, 9.17) is 0 Å². The van der Waals surface area contributed by atoms with Crippen LogP contribution in [0.1, 0.15) is 30.6 Å². The second-order valence-electron chi connectivity index (χ2n) is 5.00. The molecular weight excluding hydrogens is 282 g/mol. The molecule has 0 unspecified atom stereocenters. The lowest BCUT2D eigenvalue weighted by molar-refractivity contribution is 0.814. The first-order chi connectivity index (χ1) is 10.3. The molecule has 0 aliphatic heterocycles. The largest absolute Gasteiger partial charge is 0.368 e. The van der Waals surface area contributed by atoms with Gasteiger partial charge in [0.2, 0.25) is 0 Å². The van der Waals surface area contributed by atoms with Gasteiger partial charge in [0.15, 0.2) is 5.82 Å². The maximum atomic E-state index is 4.58. The summed E-state index contributed by atoms with van der Waals surface area (Å²) in [7, 11) is 0. The minimum Gasteiger partial charge on any atom is -0.368 e. The van der Waals surface area contributed by atoms with E-state index in [2.05, 4.69) is 38.0 Å². The van der Waals surface area contributed by atoms with E-state index in [1.54, 1.807) is 11.3 Å². The third-order valence-electron chi connectivity index (χ3n) is 3.33. The van der Waals surface area contributed by atoms with Gasteiger partial charge in [-0.1, -0.05) is 13.3 Å². The molecule has 0 aromatic carbocycles. The summed E-state index contributed by atoms with van der Waals surface area (Å²) in [4.78, 5) is 13.5. The summed E-state index contributed by atoms with van der Waals surface area (Å²) >= 11 is 1.67. The molecule has 0 atom stereocenters. The van der Waals surface area contributed by atoms with Crippen LogP contribution in [-0.2, 0) is 6.54 Å². The number of aryl methyl sites for hydroxylation is 1. The van der Waals surface area contributed by atoms with Gasteiger partial charge in [0.05, 0.1) is 12.1 Å². The molecule has 0 aliphatic carbocycles. The number of thiazole rings is 1. The summed E-state index contributed by atoms with van der Waals surface area (Å²) in [6, 6.07) is 2.04. The first-order valence-corrected chi connectivity index (χ1v) is 8.11. The highest BCUT2D eigenvalue weighted by molar-refractivity contribution is 7.09. The molecule has 3 rings (SSSR count). The Bertz CT molecular complexity index is 717. The molecule has 0 fully saturated rings. The van der Waals surface area contributed by atoms with Crippen LogP contribution in [-0.4, -0.2) is 26.1 Å². The molecule has 1 N–H and O–H groups in total. The summed E-state index contributed by atoms with van der Waals surface area (Å²) in [6.07, 6.45) is 6.20. The van der Waals surface area contributed by atoms with Crippen molar-refractivity contribution in [1.29, 1.82) is 0 Å². The van der Waals surface area contributed by atoms with Crippen LogP contribution in [0.15, 0.2) is 23.8 Å². The SMILES string of the molecule is CCCCNc1nc(C)nc2ccn(Cc3nccs3)c12. The van der Waals surface area contributed by atoms with Gasteiger partial charge in [0, 0.05) is 24.3 Å². The average molecular weight is 301 g/mol. The van der Waals surface area contributed by atoms with Crippen LogP contribution in [0.2, 0.25) is 0 Å². The Morgan fingerprint density at radius 1 is 1.33 bits per heavy atom. The summed E-state index contributed by atoms with van der Waals surface area (Å²) in [5, 5.41) is 6.54. The van der Waals surface area contributed by atoms with Crippen molar-refractivity contribution >= 4 is 28.2 Å². The van der Waals surface area contributed by atoms with Gasteiger partial charge < -0.3 is 9.88 Å². The van der Waals surface area contributed by atoms with Crippen LogP contribution in [0.5, 0.6) is 0 Å². The minimum absolute atomic E-state index is 0.760. The van der Waals surface area contributed by atoms with Crippen LogP contribution in [0, 0.1) is 6.92 Å². The maximum Gasteiger partial charge on any atom is 0.154 e. The van der Waals surface area contributed by atoms with Crippen molar-refractivity contribution in [2.45, 2.75) is 33.2 Å². The molecule has 3 heterocycles. The first-order valence-electron chi connectivity index (χ1n) is 7.23. The second kappa shape index (κ2) is 6.22. The average Bonchev–Trinajstić information content (AvgIpc) is 3.10. The van der Waals surface area contributed by atoms with Crippen LogP contribution in [0.4, 0.5) is 5.82 Å². The van der Waals surface area contributed by atoms with Gasteiger partial charge in [0.1, 0.15) is 16.3 Å². The van der Waals surface area contributed by atoms with E-state index in [-0.39, 0.29) is 0 Å². The highest BCUT2D eigenvalue weighted by atomic mass is 32.1. The Morgan fingerprint density at radius 3 is 3.00 bits per heavy atom. The van der Waals surface area contributed by atoms with Crippen molar-refractivity contribution in [1.82, 2.24) is 19.5 Å². The fourth-order valence-electron chi connectivity index (χ4n) is 2.34. The van der Waals surface area contributed by atoms with Gasteiger partial charge in [0.25, 0.3) is 0 Å². The molecular formula is C15H19N5S. The van der Waals surface area contributed by atoms with Gasteiger partial charge in [-0.15, -0.1) is 11.3 Å². The zero-order valence-electron chi connectivity index (χ0n) is 12.3. The van der Waals surface area contributed by atoms with E-state index in [1.165, 1.54) is 6.42 Å². The number of hydrogen-bond donors (Lipinski definition) is 1. The monoisotopic (exact) mass is 301 g/mol. The van der Waals surface area contributed by atoms with Crippen LogP contribution in [0.3, 0.4) is 0 Å². The van der Waals surface area contributed by atoms with E-state index in [1.807, 2.05) is 24.6 Å². The molecule has 110 valence electrons. The number of unbranched alkanes of at least 4 members (excludes halogenated alkanes) is 1. The Balaban J connectivity index is 1.97. The molecule has 0 amide bonds. The number of rotatable bonds is 6. The lowest BCUT2D eigenvalue weighted by atomic mass is 10.3. The number of aromatic nitrogens is 4. The molecule has 21 heavy (non-hydrogen) atoms. The lowest BCUT2D eigenvalue weighted by Crippen LogP contribution is -2.08. The fraction of sp³-hybridized carbons (Fsp3) is 0.400. The third-order valence-corrected chi connectivity index (χ3v) is 4.10. The quantitative estimate of drug-likeness (QED) is 0.708. The van der Waals surface area contributed by atoms with Crippen molar-refractivity contribution < 1.29 is 0 Å². The molecule has 5 nitrogen and oxygen atoms in total. The number of anilines is 1. The molecule has 6 heteroatoms. The van der Waals surface area contributed by atoms with Gasteiger partial charge in [-0.2, -0.15) is 0 Å². The highest BCUT2D eigenvalue weighted by Crippen LogP contribution is 2.23. The molecule has 3 aromatic heterocycles. The molecule has 3 aromatic rings. The van der Waals surface area contributed by atoms with E-state index in [0.717, 1.165) is 47.2 Å². The van der Waals surface area contributed by atoms with Crippen molar-refractivity contribution in [2.75, 3.05) is 11.9 Å². The number of nitrogens with one attached hydrogen (secondary N) is 1. The zero-order chi connectivity index (χ0) is 14.7. The van der Waals surface area contributed by atoms with E-state index < -0.39 is 0 Å². The number of fused-ring (bicyclic) bond motifs is 1. The van der Waals surface area contributed by atoms with Gasteiger partial charge in [-0.05, 0) is 19.4 Å². The first kappa shape index (κ1) is 14.0. The van der Waals surface area contributed by atoms with Crippen LogP contribution >= 0.6 is 11.3 Å². The molecule has 0 radical (unpaired) electrons. The molecule has 0 spiro atoms. The smallest absolute Gasteiger partial charge is 0.154 e. The maximum absolute atomic E-state index is 4.58. The van der Waals surface area contributed by atoms with Crippen molar-refractivity contribution in [3.63, 3.8) is 0 Å². The lowest BCUT2D eigenvalue weighted by Gasteiger charge is -2.10. The van der Waals surface area contributed by atoms with Gasteiger partial charge in [-0.3, -0.25) is 0 Å². The Kier molecular flexibility index (Phi) is 4.15. The van der Waals surface area contributed by atoms with E-state index >= 15 is 0 Å². The standard InChI is InChI=1S/C15H19N5S/c1-3-4-6-17-15-14-12(18-11(2)19-15)5-8-20(14)10-13-16-7-9-21-13/h5,7-9H,3-4,6,10H2,1-2H3,(H,17,18,19). The van der Waals surface area contributed by atoms with Crippen LogP contribution < -0.4 is 5.32 Å². The Labute approximate surface area is 128 Å². The second-order valence-corrected chi connectivity index (χ2v) is 5.98. The van der Waals surface area contributed by atoms with Gasteiger partial charge in [-0.25, -0.2) is 15.0 Å². The van der Waals surface area contributed by atoms with Crippen molar-refractivity contribution in [3.8, 4) is 0 Å². The minimum atomic E-state index is 0.760. The summed E-state index contributed by atoms with van der Waals surface area (Å²) < 4.78 is 2.17. The third kappa shape index (κ3) is 3.05. The molecule has 0 aliphatic rings. The molecule has 0 saturated heterocycles. The predicted molar refractivity (Wildman–Crippen MR) is 86.9 cm³/mol. The van der Waals surface area contributed by atoms with Crippen molar-refractivity contribution in [2.24, 2.45) is 0 Å². The zero-order valence-corrected chi connectivity index (χ0v) is 13.2. The summed E-state index contributed by atoms with van der Waals surface area (Å²) in [5.74, 6) is 1.72. The van der Waals surface area contributed by atoms with Crippen LogP contribution in [0.25, 0.3) is 11.0 Å². The summed E-state index contributed by atoms with van der Waals surface area (Å²) in [5.41, 5.74) is 2.05. The summed E-state index contributed by atoms with van der Waals surface area (Å²) in [6.45, 7) is 5.82. The molecule has 0 bridgehead atoms. The Hall–Kier alpha value is -1.95. The normalized spacial score (nSPS) is 11.1. The van der Waals surface area contributed by atoms with Crippen molar-refractivity contribution in [3.05, 3.63) is 34.7 Å².